The largest absolute Gasteiger partial charge is 0.330 e. The molecule has 3 fully saturated rings. The van der Waals surface area contributed by atoms with Gasteiger partial charge in [0, 0.05) is 5.41 Å². The predicted molar refractivity (Wildman–Crippen MR) is 38.4 cm³/mol. The summed E-state index contributed by atoms with van der Waals surface area (Å²) < 4.78 is 25.7. The van der Waals surface area contributed by atoms with Gasteiger partial charge in [0.15, 0.2) is 0 Å². The molecule has 2 bridgehead atoms. The maximum Gasteiger partial charge on any atom is 0.250 e. The molecule has 0 aliphatic heterocycles. The summed E-state index contributed by atoms with van der Waals surface area (Å²) in [5.41, 5.74) is 4.94. The first kappa shape index (κ1) is 7.47. The molecule has 0 aromatic rings. The van der Waals surface area contributed by atoms with Gasteiger partial charge in [-0.3, -0.25) is 0 Å². The maximum atomic E-state index is 12.9. The average Bonchev–Trinajstić information content (AvgIpc) is 1.53. The fourth-order valence-corrected chi connectivity index (χ4v) is 2.68. The second kappa shape index (κ2) is 1.60. The van der Waals surface area contributed by atoms with Gasteiger partial charge in [-0.2, -0.15) is 0 Å². The minimum absolute atomic E-state index is 0.124. The average molecular weight is 161 g/mol. The standard InChI is InChI=1S/C8H13F2N/c1-6(9,10)8-2-7(3-8,4-8)5-11/h2-5,11H2,1H3. The highest BCUT2D eigenvalue weighted by atomic mass is 19.3. The van der Waals surface area contributed by atoms with Crippen LogP contribution < -0.4 is 5.73 Å². The normalized spacial score (nSPS) is 48.0. The van der Waals surface area contributed by atoms with E-state index in [4.69, 9.17) is 5.73 Å². The molecule has 3 saturated carbocycles. The van der Waals surface area contributed by atoms with E-state index in [9.17, 15) is 8.78 Å². The highest BCUT2D eigenvalue weighted by molar-refractivity contribution is 5.21. The van der Waals surface area contributed by atoms with Crippen LogP contribution in [0.25, 0.3) is 0 Å². The first-order valence-corrected chi connectivity index (χ1v) is 4.01. The number of halogens is 2. The number of rotatable bonds is 2. The summed E-state index contributed by atoms with van der Waals surface area (Å²) in [6, 6.07) is 0. The van der Waals surface area contributed by atoms with Crippen molar-refractivity contribution in [3.05, 3.63) is 0 Å². The van der Waals surface area contributed by atoms with Crippen LogP contribution in [-0.4, -0.2) is 12.5 Å². The van der Waals surface area contributed by atoms with E-state index in [2.05, 4.69) is 0 Å². The maximum absolute atomic E-state index is 12.9. The van der Waals surface area contributed by atoms with E-state index in [1.807, 2.05) is 0 Å². The lowest BCUT2D eigenvalue weighted by atomic mass is 9.33. The highest BCUT2D eigenvalue weighted by Gasteiger charge is 2.74. The molecular formula is C8H13F2N. The molecule has 11 heavy (non-hydrogen) atoms. The molecule has 64 valence electrons. The Morgan fingerprint density at radius 3 is 2.09 bits per heavy atom. The van der Waals surface area contributed by atoms with Gasteiger partial charge in [-0.1, -0.05) is 0 Å². The lowest BCUT2D eigenvalue weighted by Gasteiger charge is -2.72. The van der Waals surface area contributed by atoms with E-state index < -0.39 is 11.3 Å². The Kier molecular flexibility index (Phi) is 1.09. The zero-order valence-electron chi connectivity index (χ0n) is 6.66. The minimum Gasteiger partial charge on any atom is -0.330 e. The third-order valence-corrected chi connectivity index (χ3v) is 3.50. The van der Waals surface area contributed by atoms with Gasteiger partial charge in [0.2, 0.25) is 0 Å². The summed E-state index contributed by atoms with van der Waals surface area (Å²) in [4.78, 5) is 0. The molecule has 0 radical (unpaired) electrons. The molecule has 0 saturated heterocycles. The summed E-state index contributed by atoms with van der Waals surface area (Å²) in [7, 11) is 0. The van der Waals surface area contributed by atoms with E-state index in [1.165, 1.54) is 0 Å². The quantitative estimate of drug-likeness (QED) is 0.656. The molecule has 0 aromatic heterocycles. The van der Waals surface area contributed by atoms with Crippen molar-refractivity contribution in [1.29, 1.82) is 0 Å². The van der Waals surface area contributed by atoms with Crippen LogP contribution >= 0.6 is 0 Å². The fraction of sp³-hybridized carbons (Fsp3) is 1.00. The lowest BCUT2D eigenvalue weighted by Crippen LogP contribution is -2.70. The second-order valence-electron chi connectivity index (χ2n) is 4.40. The van der Waals surface area contributed by atoms with Crippen LogP contribution in [0.3, 0.4) is 0 Å². The molecule has 3 heteroatoms. The van der Waals surface area contributed by atoms with Gasteiger partial charge in [0.1, 0.15) is 0 Å². The molecule has 3 aliphatic carbocycles. The topological polar surface area (TPSA) is 26.0 Å². The van der Waals surface area contributed by atoms with Crippen LogP contribution in [-0.2, 0) is 0 Å². The van der Waals surface area contributed by atoms with Crippen LogP contribution in [0.2, 0.25) is 0 Å². The zero-order valence-corrected chi connectivity index (χ0v) is 6.66. The van der Waals surface area contributed by atoms with Crippen LogP contribution in [0.1, 0.15) is 26.2 Å². The van der Waals surface area contributed by atoms with Gasteiger partial charge in [-0.25, -0.2) is 8.78 Å². The Hall–Kier alpha value is -0.180. The van der Waals surface area contributed by atoms with Crippen molar-refractivity contribution >= 4 is 0 Å². The van der Waals surface area contributed by atoms with Crippen molar-refractivity contribution in [2.24, 2.45) is 16.6 Å². The first-order chi connectivity index (χ1) is 4.93. The number of alkyl halides is 2. The Balaban J connectivity index is 2.04. The van der Waals surface area contributed by atoms with Gasteiger partial charge >= 0.3 is 0 Å². The summed E-state index contributed by atoms with van der Waals surface area (Å²) in [5, 5.41) is 0. The van der Waals surface area contributed by atoms with Crippen molar-refractivity contribution in [3.63, 3.8) is 0 Å². The molecule has 0 spiro atoms. The summed E-state index contributed by atoms with van der Waals surface area (Å²) >= 11 is 0. The Bertz CT molecular complexity index is 175. The van der Waals surface area contributed by atoms with E-state index >= 15 is 0 Å². The van der Waals surface area contributed by atoms with Gasteiger partial charge in [-0.15, -0.1) is 0 Å². The summed E-state index contributed by atoms with van der Waals surface area (Å²) in [6.07, 6.45) is 1.96. The fourth-order valence-electron chi connectivity index (χ4n) is 2.68. The molecular weight excluding hydrogens is 148 g/mol. The van der Waals surface area contributed by atoms with Gasteiger partial charge in [0.25, 0.3) is 5.92 Å². The molecule has 0 unspecified atom stereocenters. The number of hydrogen-bond acceptors (Lipinski definition) is 1. The van der Waals surface area contributed by atoms with Crippen molar-refractivity contribution in [2.75, 3.05) is 6.54 Å². The molecule has 0 aromatic carbocycles. The van der Waals surface area contributed by atoms with Gasteiger partial charge in [-0.05, 0) is 38.1 Å². The van der Waals surface area contributed by atoms with E-state index in [1.54, 1.807) is 0 Å². The highest BCUT2D eigenvalue weighted by Crippen LogP contribution is 2.77. The van der Waals surface area contributed by atoms with Crippen molar-refractivity contribution in [2.45, 2.75) is 32.1 Å². The Morgan fingerprint density at radius 1 is 1.36 bits per heavy atom. The molecule has 2 N–H and O–H groups in total. The molecule has 0 amide bonds. The zero-order chi connectivity index (χ0) is 8.33. The monoisotopic (exact) mass is 161 g/mol. The molecule has 3 rings (SSSR count). The predicted octanol–water partition coefficient (Wildman–Crippen LogP) is 1.77. The van der Waals surface area contributed by atoms with E-state index in [-0.39, 0.29) is 5.41 Å². The van der Waals surface area contributed by atoms with Crippen LogP contribution in [0, 0.1) is 10.8 Å². The first-order valence-electron chi connectivity index (χ1n) is 4.01. The van der Waals surface area contributed by atoms with Crippen LogP contribution in [0.5, 0.6) is 0 Å². The van der Waals surface area contributed by atoms with Gasteiger partial charge < -0.3 is 5.73 Å². The summed E-state index contributed by atoms with van der Waals surface area (Å²) in [5.74, 6) is -2.48. The van der Waals surface area contributed by atoms with E-state index in [0.717, 1.165) is 6.92 Å². The number of hydrogen-bond donors (Lipinski definition) is 1. The van der Waals surface area contributed by atoms with Gasteiger partial charge in [0.05, 0.1) is 0 Å². The number of nitrogens with two attached hydrogens (primary N) is 1. The third-order valence-electron chi connectivity index (χ3n) is 3.50. The SMILES string of the molecule is CC(F)(F)C12CC(CN)(C1)C2. The minimum atomic E-state index is -2.48. The van der Waals surface area contributed by atoms with Crippen LogP contribution in [0.15, 0.2) is 0 Å². The lowest BCUT2D eigenvalue weighted by molar-refractivity contribution is -0.304. The smallest absolute Gasteiger partial charge is 0.250 e. The Morgan fingerprint density at radius 2 is 1.82 bits per heavy atom. The van der Waals surface area contributed by atoms with Crippen molar-refractivity contribution < 1.29 is 8.78 Å². The second-order valence-corrected chi connectivity index (χ2v) is 4.40. The Labute approximate surface area is 65.0 Å². The third kappa shape index (κ3) is 0.675. The molecule has 3 aliphatic rings. The molecule has 0 atom stereocenters. The summed E-state index contributed by atoms with van der Waals surface area (Å²) in [6.45, 7) is 1.62. The molecule has 0 heterocycles. The van der Waals surface area contributed by atoms with Crippen molar-refractivity contribution in [1.82, 2.24) is 0 Å². The van der Waals surface area contributed by atoms with E-state index in [0.29, 0.717) is 25.8 Å². The van der Waals surface area contributed by atoms with Crippen LogP contribution in [0.4, 0.5) is 8.78 Å². The van der Waals surface area contributed by atoms with Crippen molar-refractivity contribution in [3.8, 4) is 0 Å². The molecule has 1 nitrogen and oxygen atoms in total.